The number of nitrogens with one attached hydrogen (secondary N) is 2. The number of amides is 4. The Morgan fingerprint density at radius 1 is 0.855 bits per heavy atom. The number of piperidine rings is 2. The van der Waals surface area contributed by atoms with Crippen LogP contribution in [0.15, 0.2) is 58.4 Å². The molecule has 4 amide bonds. The highest BCUT2D eigenvalue weighted by Gasteiger charge is 2.45. The van der Waals surface area contributed by atoms with Crippen LogP contribution >= 0.6 is 0 Å². The number of hydrogen-bond donors (Lipinski definition) is 2. The molecule has 0 bridgehead atoms. The van der Waals surface area contributed by atoms with Gasteiger partial charge in [-0.1, -0.05) is 25.0 Å². The Morgan fingerprint density at radius 3 is 2.26 bits per heavy atom. The van der Waals surface area contributed by atoms with Crippen molar-refractivity contribution in [2.45, 2.75) is 87.4 Å². The maximum atomic E-state index is 15.5. The van der Waals surface area contributed by atoms with Gasteiger partial charge in [0.25, 0.3) is 23.8 Å². The van der Waals surface area contributed by atoms with E-state index in [1.165, 1.54) is 21.1 Å². The number of rotatable bonds is 10. The summed E-state index contributed by atoms with van der Waals surface area (Å²) in [6.45, 7) is 2.68. The first-order chi connectivity index (χ1) is 29.8. The third kappa shape index (κ3) is 7.72. The highest BCUT2D eigenvalue weighted by Crippen LogP contribution is 2.35. The smallest absolute Gasteiger partial charge is 0.269 e. The zero-order chi connectivity index (χ0) is 43.4. The maximum absolute atomic E-state index is 15.5. The molecule has 0 spiro atoms. The first-order valence-corrected chi connectivity index (χ1v) is 22.3. The highest BCUT2D eigenvalue weighted by molar-refractivity contribution is 7.89. The molecular weight excluding hydrogens is 832 g/mol. The molecule has 6 heterocycles. The van der Waals surface area contributed by atoms with Crippen molar-refractivity contribution in [1.29, 1.82) is 0 Å². The zero-order valence-electron chi connectivity index (χ0n) is 33.6. The molecule has 4 fully saturated rings. The van der Waals surface area contributed by atoms with Crippen LogP contribution in [0.5, 0.6) is 0 Å². The number of imide groups is 2. The number of fused-ring (bicyclic) bond motifs is 2. The van der Waals surface area contributed by atoms with Crippen LogP contribution in [0.25, 0.3) is 11.0 Å². The van der Waals surface area contributed by atoms with Gasteiger partial charge in [0, 0.05) is 75.9 Å². The molecule has 1 unspecified atom stereocenters. The minimum Gasteiger partial charge on any atom is -0.367 e. The van der Waals surface area contributed by atoms with Gasteiger partial charge in [-0.15, -0.1) is 0 Å². The minimum absolute atomic E-state index is 0.00249. The maximum Gasteiger partial charge on any atom is 0.269 e. The number of piperazine rings is 1. The van der Waals surface area contributed by atoms with E-state index in [4.69, 9.17) is 0 Å². The summed E-state index contributed by atoms with van der Waals surface area (Å²) in [7, 11) is -3.85. The number of benzene rings is 2. The van der Waals surface area contributed by atoms with Crippen molar-refractivity contribution in [2.75, 3.05) is 49.5 Å². The lowest BCUT2D eigenvalue weighted by atomic mass is 10.0. The Hall–Kier alpha value is -5.73. The number of anilines is 2. The fourth-order valence-corrected chi connectivity index (χ4v) is 10.9. The molecule has 62 heavy (non-hydrogen) atoms. The lowest BCUT2D eigenvalue weighted by Crippen LogP contribution is -2.54. The largest absolute Gasteiger partial charge is 0.367 e. The van der Waals surface area contributed by atoms with Crippen LogP contribution in [0.1, 0.15) is 95.7 Å². The number of nitrogens with zero attached hydrogens (tertiary/aromatic N) is 7. The molecule has 1 atom stereocenters. The van der Waals surface area contributed by atoms with Gasteiger partial charge in [-0.05, 0) is 68.0 Å². The third-order valence-electron chi connectivity index (χ3n) is 12.7. The van der Waals surface area contributed by atoms with Gasteiger partial charge < -0.3 is 10.2 Å². The van der Waals surface area contributed by atoms with Crippen LogP contribution in [-0.2, 0) is 26.2 Å². The standard InChI is InChI=1S/C42H44F3N9O7S/c43-32-20-29-30(40(58)54(39(29)57)33-8-9-35(55)48-38(33)56)21-34(32)51-16-14-50(15-17-51)23-24-4-3-7-28(18-24)62(60,61)52-12-10-26(11-13-52)47-42-46-22-25-19-31(36(44)45)41(59)53(37(25)49-42)27-5-1-2-6-27/h3-4,7,18-22,26-27,33,36H,1-2,5-6,8-17,23H2,(H,46,47,49)(H,48,55,56). The average molecular weight is 876 g/mol. The molecule has 16 nitrogen and oxygen atoms in total. The van der Waals surface area contributed by atoms with Crippen LogP contribution in [0.4, 0.5) is 24.8 Å². The molecule has 3 saturated heterocycles. The van der Waals surface area contributed by atoms with E-state index in [0.717, 1.165) is 35.4 Å². The summed E-state index contributed by atoms with van der Waals surface area (Å²) >= 11 is 0. The highest BCUT2D eigenvalue weighted by atomic mass is 32.2. The fraction of sp³-hybridized carbons (Fsp3) is 0.452. The molecule has 2 aromatic carbocycles. The Bertz CT molecular complexity index is 2660. The van der Waals surface area contributed by atoms with Crippen molar-refractivity contribution < 1.29 is 40.8 Å². The summed E-state index contributed by atoms with van der Waals surface area (Å²) in [6.07, 6.45) is 2.60. The lowest BCUT2D eigenvalue weighted by Gasteiger charge is -2.36. The number of sulfonamides is 1. The SMILES string of the molecule is O=C1CCC(N2C(=O)c3cc(F)c(N4CCN(Cc5cccc(S(=O)(=O)N6CCC(Nc7ncc8cc(C(F)F)c(=O)n(C9CCCC9)c8n7)CC6)c5)CC4)cc3C2=O)C(=O)N1. The van der Waals surface area contributed by atoms with Crippen LogP contribution in [0.3, 0.4) is 0 Å². The molecule has 1 aliphatic carbocycles. The topological polar surface area (TPSA) is 187 Å². The van der Waals surface area contributed by atoms with Gasteiger partial charge in [0.15, 0.2) is 0 Å². The van der Waals surface area contributed by atoms with Crippen molar-refractivity contribution in [3.05, 3.63) is 87.1 Å². The fourth-order valence-electron chi connectivity index (χ4n) is 9.37. The molecule has 1 saturated carbocycles. The van der Waals surface area contributed by atoms with Gasteiger partial charge in [-0.25, -0.2) is 26.6 Å². The number of hydrogen-bond acceptors (Lipinski definition) is 12. The number of halogens is 3. The third-order valence-corrected chi connectivity index (χ3v) is 14.6. The minimum atomic E-state index is -3.85. The number of carbonyl (C=O) groups is 4. The van der Waals surface area contributed by atoms with Crippen LogP contribution in [-0.4, -0.2) is 112 Å². The first-order valence-electron chi connectivity index (χ1n) is 20.8. The molecule has 0 radical (unpaired) electrons. The molecule has 4 aromatic rings. The Labute approximate surface area is 354 Å². The van der Waals surface area contributed by atoms with E-state index < -0.39 is 63.1 Å². The second kappa shape index (κ2) is 16.5. The van der Waals surface area contributed by atoms with Crippen molar-refractivity contribution >= 4 is 56.3 Å². The second-order valence-electron chi connectivity index (χ2n) is 16.5. The predicted octanol–water partition coefficient (Wildman–Crippen LogP) is 3.97. The second-order valence-corrected chi connectivity index (χ2v) is 18.5. The lowest BCUT2D eigenvalue weighted by molar-refractivity contribution is -0.136. The molecule has 20 heteroatoms. The van der Waals surface area contributed by atoms with Crippen molar-refractivity contribution in [3.8, 4) is 0 Å². The quantitative estimate of drug-likeness (QED) is 0.219. The van der Waals surface area contributed by atoms with Gasteiger partial charge in [0.1, 0.15) is 17.5 Å². The summed E-state index contributed by atoms with van der Waals surface area (Å²) < 4.78 is 73.6. The van der Waals surface area contributed by atoms with E-state index in [0.29, 0.717) is 69.4 Å². The van der Waals surface area contributed by atoms with Gasteiger partial charge in [-0.2, -0.15) is 9.29 Å². The normalized spacial score (nSPS) is 21.1. The first kappa shape index (κ1) is 41.6. The van der Waals surface area contributed by atoms with Crippen molar-refractivity contribution in [1.82, 2.24) is 34.0 Å². The molecule has 5 aliphatic rings. The van der Waals surface area contributed by atoms with E-state index in [2.05, 4.69) is 25.5 Å². The Balaban J connectivity index is 0.809. The monoisotopic (exact) mass is 875 g/mol. The van der Waals surface area contributed by atoms with E-state index in [-0.39, 0.29) is 65.7 Å². The zero-order valence-corrected chi connectivity index (χ0v) is 34.4. The van der Waals surface area contributed by atoms with E-state index in [1.807, 2.05) is 6.07 Å². The van der Waals surface area contributed by atoms with Crippen LogP contribution < -0.4 is 21.1 Å². The molecule has 326 valence electrons. The Morgan fingerprint density at radius 2 is 1.56 bits per heavy atom. The van der Waals surface area contributed by atoms with Crippen molar-refractivity contribution in [2.24, 2.45) is 0 Å². The number of carbonyl (C=O) groups excluding carboxylic acids is 4. The average Bonchev–Trinajstić information content (AvgIpc) is 3.87. The van der Waals surface area contributed by atoms with Crippen LogP contribution in [0.2, 0.25) is 0 Å². The predicted molar refractivity (Wildman–Crippen MR) is 219 cm³/mol. The van der Waals surface area contributed by atoms with Crippen molar-refractivity contribution in [3.63, 3.8) is 0 Å². The molecular formula is C42H44F3N9O7S. The van der Waals surface area contributed by atoms with Gasteiger partial charge in [0.2, 0.25) is 27.8 Å². The van der Waals surface area contributed by atoms with E-state index in [9.17, 15) is 41.2 Å². The summed E-state index contributed by atoms with van der Waals surface area (Å²) in [5.41, 5.74) is -0.198. The van der Waals surface area contributed by atoms with Gasteiger partial charge >= 0.3 is 0 Å². The summed E-state index contributed by atoms with van der Waals surface area (Å²) in [4.78, 5) is 77.5. The molecule has 4 aliphatic heterocycles. The molecule has 2 N–H and O–H groups in total. The Kier molecular flexibility index (Phi) is 11.1. The van der Waals surface area contributed by atoms with Crippen LogP contribution in [0, 0.1) is 5.82 Å². The summed E-state index contributed by atoms with van der Waals surface area (Å²) in [5.74, 6) is -3.16. The number of alkyl halides is 2. The van der Waals surface area contributed by atoms with Gasteiger partial charge in [0.05, 0.1) is 27.3 Å². The number of pyridine rings is 1. The van der Waals surface area contributed by atoms with E-state index in [1.54, 1.807) is 23.1 Å². The molecule has 2 aromatic heterocycles. The molecule has 9 rings (SSSR count). The van der Waals surface area contributed by atoms with E-state index >= 15 is 4.39 Å². The summed E-state index contributed by atoms with van der Waals surface area (Å²) in [5, 5.41) is 5.78. The number of aromatic nitrogens is 3. The summed E-state index contributed by atoms with van der Waals surface area (Å²) in [6, 6.07) is 8.78. The van der Waals surface area contributed by atoms with Gasteiger partial charge in [-0.3, -0.25) is 43.7 Å².